The first-order valence-corrected chi connectivity index (χ1v) is 6.01. The van der Waals surface area contributed by atoms with Gasteiger partial charge in [0, 0.05) is 11.6 Å². The largest absolute Gasteiger partial charge is 0.481 e. The lowest BCUT2D eigenvalue weighted by Crippen LogP contribution is -2.38. The van der Waals surface area contributed by atoms with Crippen LogP contribution in [0.1, 0.15) is 31.2 Å². The van der Waals surface area contributed by atoms with Crippen molar-refractivity contribution in [2.75, 3.05) is 0 Å². The van der Waals surface area contributed by atoms with Crippen molar-refractivity contribution in [3.8, 4) is 0 Å². The number of aliphatic carboxylic acids is 1. The quantitative estimate of drug-likeness (QED) is 0.642. The first-order chi connectivity index (χ1) is 8.55. The van der Waals surface area contributed by atoms with Gasteiger partial charge >= 0.3 is 5.97 Å². The van der Waals surface area contributed by atoms with Crippen LogP contribution in [-0.2, 0) is 11.2 Å². The number of nitro groups is 1. The van der Waals surface area contributed by atoms with Crippen LogP contribution in [0, 0.1) is 15.5 Å². The molecule has 1 aliphatic carbocycles. The van der Waals surface area contributed by atoms with Gasteiger partial charge in [-0.15, -0.1) is 0 Å². The van der Waals surface area contributed by atoms with Crippen LogP contribution in [0.5, 0.6) is 0 Å². The third kappa shape index (κ3) is 2.20. The van der Waals surface area contributed by atoms with Crippen molar-refractivity contribution in [1.29, 1.82) is 0 Å². The van der Waals surface area contributed by atoms with Gasteiger partial charge in [0.05, 0.1) is 10.3 Å². The Morgan fingerprint density at radius 2 is 2.06 bits per heavy atom. The number of rotatable bonds is 5. The molecular weight excluding hydrogens is 234 g/mol. The van der Waals surface area contributed by atoms with Crippen LogP contribution in [-0.4, -0.2) is 16.0 Å². The van der Waals surface area contributed by atoms with E-state index in [9.17, 15) is 20.0 Å². The first-order valence-electron chi connectivity index (χ1n) is 6.01. The number of carbonyl (C=O) groups is 1. The van der Waals surface area contributed by atoms with Crippen molar-refractivity contribution in [2.45, 2.75) is 32.1 Å². The van der Waals surface area contributed by atoms with E-state index in [1.165, 1.54) is 6.07 Å². The normalized spacial score (nSPS) is 16.9. The highest BCUT2D eigenvalue weighted by molar-refractivity contribution is 5.75. The molecule has 0 unspecified atom stereocenters. The zero-order valence-electron chi connectivity index (χ0n) is 9.96. The molecule has 0 heterocycles. The first kappa shape index (κ1) is 12.5. The molecule has 5 heteroatoms. The molecule has 5 nitrogen and oxygen atoms in total. The van der Waals surface area contributed by atoms with Gasteiger partial charge in [0.1, 0.15) is 0 Å². The lowest BCUT2D eigenvalue weighted by molar-refractivity contribution is -0.385. The molecule has 2 rings (SSSR count). The van der Waals surface area contributed by atoms with Gasteiger partial charge in [0.15, 0.2) is 0 Å². The van der Waals surface area contributed by atoms with Crippen molar-refractivity contribution in [1.82, 2.24) is 0 Å². The Labute approximate surface area is 105 Å². The molecule has 1 aromatic carbocycles. The van der Waals surface area contributed by atoms with E-state index in [1.54, 1.807) is 18.2 Å². The van der Waals surface area contributed by atoms with Crippen LogP contribution in [0.15, 0.2) is 24.3 Å². The van der Waals surface area contributed by atoms with Gasteiger partial charge in [0.25, 0.3) is 5.69 Å². The summed E-state index contributed by atoms with van der Waals surface area (Å²) < 4.78 is 0. The summed E-state index contributed by atoms with van der Waals surface area (Å²) in [6, 6.07) is 6.53. The third-order valence-corrected chi connectivity index (χ3v) is 3.83. The fourth-order valence-corrected chi connectivity index (χ4v) is 2.45. The molecule has 0 atom stereocenters. The van der Waals surface area contributed by atoms with Gasteiger partial charge in [0.2, 0.25) is 0 Å². The van der Waals surface area contributed by atoms with E-state index in [4.69, 9.17) is 0 Å². The predicted octanol–water partition coefficient (Wildman–Crippen LogP) is 2.78. The van der Waals surface area contributed by atoms with Gasteiger partial charge in [-0.25, -0.2) is 0 Å². The Balaban J connectivity index is 2.11. The van der Waals surface area contributed by atoms with Gasteiger partial charge in [-0.2, -0.15) is 0 Å². The lowest BCUT2D eigenvalue weighted by Gasteiger charge is -2.37. The molecule has 1 aliphatic rings. The van der Waals surface area contributed by atoms with Crippen LogP contribution >= 0.6 is 0 Å². The van der Waals surface area contributed by atoms with E-state index in [0.717, 1.165) is 6.42 Å². The summed E-state index contributed by atoms with van der Waals surface area (Å²) in [5, 5.41) is 20.1. The number of hydrogen-bond acceptors (Lipinski definition) is 3. The topological polar surface area (TPSA) is 80.4 Å². The van der Waals surface area contributed by atoms with Crippen molar-refractivity contribution in [3.63, 3.8) is 0 Å². The summed E-state index contributed by atoms with van der Waals surface area (Å²) >= 11 is 0. The number of nitro benzene ring substituents is 1. The van der Waals surface area contributed by atoms with E-state index in [-0.39, 0.29) is 5.69 Å². The Morgan fingerprint density at radius 1 is 1.39 bits per heavy atom. The standard InChI is InChI=1S/C13H15NO4/c15-12(16)13(7-3-8-13)9-6-10-4-1-2-5-11(10)14(17)18/h1-2,4-5H,3,6-9H2,(H,15,16). The predicted molar refractivity (Wildman–Crippen MR) is 65.3 cm³/mol. The maximum atomic E-state index is 11.2. The minimum absolute atomic E-state index is 0.0809. The van der Waals surface area contributed by atoms with Crippen molar-refractivity contribution in [3.05, 3.63) is 39.9 Å². The number of hydrogen-bond donors (Lipinski definition) is 1. The molecule has 1 fully saturated rings. The second-order valence-electron chi connectivity index (χ2n) is 4.82. The van der Waals surface area contributed by atoms with Crippen LogP contribution in [0.4, 0.5) is 5.69 Å². The number of nitrogens with zero attached hydrogens (tertiary/aromatic N) is 1. The minimum atomic E-state index is -0.771. The van der Waals surface area contributed by atoms with Crippen molar-refractivity contribution >= 4 is 11.7 Å². The molecule has 18 heavy (non-hydrogen) atoms. The van der Waals surface area contributed by atoms with Crippen LogP contribution < -0.4 is 0 Å². The molecule has 96 valence electrons. The van der Waals surface area contributed by atoms with Crippen LogP contribution in [0.3, 0.4) is 0 Å². The summed E-state index contributed by atoms with van der Waals surface area (Å²) in [7, 11) is 0. The Kier molecular flexibility index (Phi) is 3.32. The molecule has 0 radical (unpaired) electrons. The molecule has 1 aromatic rings. The second kappa shape index (κ2) is 4.76. The maximum Gasteiger partial charge on any atom is 0.309 e. The monoisotopic (exact) mass is 249 g/mol. The number of carboxylic acid groups (broad SMARTS) is 1. The summed E-state index contributed by atoms with van der Waals surface area (Å²) in [6.07, 6.45) is 3.23. The highest BCUT2D eigenvalue weighted by atomic mass is 16.6. The van der Waals surface area contributed by atoms with E-state index in [2.05, 4.69) is 0 Å². The average Bonchev–Trinajstić information content (AvgIpc) is 2.27. The summed E-state index contributed by atoms with van der Waals surface area (Å²) in [5.41, 5.74) is 0.0522. The molecule has 0 spiro atoms. The molecule has 0 bridgehead atoms. The summed E-state index contributed by atoms with van der Waals surface area (Å²) in [5.74, 6) is -0.771. The molecule has 0 amide bonds. The minimum Gasteiger partial charge on any atom is -0.481 e. The zero-order chi connectivity index (χ0) is 13.2. The van der Waals surface area contributed by atoms with Crippen molar-refractivity contribution in [2.24, 2.45) is 5.41 Å². The number of para-hydroxylation sites is 1. The van der Waals surface area contributed by atoms with Gasteiger partial charge < -0.3 is 5.11 Å². The van der Waals surface area contributed by atoms with Crippen molar-refractivity contribution < 1.29 is 14.8 Å². The maximum absolute atomic E-state index is 11.2. The third-order valence-electron chi connectivity index (χ3n) is 3.83. The fraction of sp³-hybridized carbons (Fsp3) is 0.462. The van der Waals surface area contributed by atoms with E-state index in [0.29, 0.717) is 31.2 Å². The highest BCUT2D eigenvalue weighted by Gasteiger charge is 2.43. The van der Waals surface area contributed by atoms with Gasteiger partial charge in [-0.1, -0.05) is 24.6 Å². The molecule has 0 aliphatic heterocycles. The second-order valence-corrected chi connectivity index (χ2v) is 4.82. The molecule has 0 saturated heterocycles. The van der Waals surface area contributed by atoms with E-state index in [1.807, 2.05) is 0 Å². The molecule has 1 saturated carbocycles. The zero-order valence-corrected chi connectivity index (χ0v) is 9.96. The number of carboxylic acids is 1. The average molecular weight is 249 g/mol. The van der Waals surface area contributed by atoms with Crippen LogP contribution in [0.2, 0.25) is 0 Å². The Bertz CT molecular complexity index is 480. The molecular formula is C13H15NO4. The summed E-state index contributed by atoms with van der Waals surface area (Å²) in [4.78, 5) is 21.6. The smallest absolute Gasteiger partial charge is 0.309 e. The fourth-order valence-electron chi connectivity index (χ4n) is 2.45. The lowest BCUT2D eigenvalue weighted by atomic mass is 9.66. The highest BCUT2D eigenvalue weighted by Crippen LogP contribution is 2.45. The van der Waals surface area contributed by atoms with E-state index >= 15 is 0 Å². The van der Waals surface area contributed by atoms with E-state index < -0.39 is 16.3 Å². The van der Waals surface area contributed by atoms with Gasteiger partial charge in [-0.05, 0) is 25.7 Å². The Hall–Kier alpha value is -1.91. The SMILES string of the molecule is O=C(O)C1(CCc2ccccc2[N+](=O)[O-])CCC1. The van der Waals surface area contributed by atoms with Crippen LogP contribution in [0.25, 0.3) is 0 Å². The molecule has 1 N–H and O–H groups in total. The molecule has 0 aromatic heterocycles. The summed E-state index contributed by atoms with van der Waals surface area (Å²) in [6.45, 7) is 0. The van der Waals surface area contributed by atoms with Gasteiger partial charge in [-0.3, -0.25) is 14.9 Å². The Morgan fingerprint density at radius 3 is 2.56 bits per heavy atom. The number of aryl methyl sites for hydroxylation is 1. The number of benzene rings is 1.